The van der Waals surface area contributed by atoms with E-state index in [2.05, 4.69) is 34.0 Å². The van der Waals surface area contributed by atoms with Gasteiger partial charge in [-0.2, -0.15) is 0 Å². The molecule has 0 bridgehead atoms. The van der Waals surface area contributed by atoms with E-state index in [-0.39, 0.29) is 0 Å². The topological polar surface area (TPSA) is 53.1 Å². The summed E-state index contributed by atoms with van der Waals surface area (Å²) < 4.78 is 13.4. The van der Waals surface area contributed by atoms with Crippen molar-refractivity contribution in [2.24, 2.45) is 0 Å². The van der Waals surface area contributed by atoms with Gasteiger partial charge in [0.25, 0.3) is 0 Å². The lowest BCUT2D eigenvalue weighted by molar-refractivity contribution is 0.393. The second kappa shape index (κ2) is 6.33. The van der Waals surface area contributed by atoms with Crippen molar-refractivity contribution in [3.63, 3.8) is 0 Å². The van der Waals surface area contributed by atoms with Crippen LogP contribution < -0.4 is 4.74 Å². The fourth-order valence-corrected chi connectivity index (χ4v) is 3.54. The summed E-state index contributed by atoms with van der Waals surface area (Å²) in [5, 5.41) is 4.09. The molecule has 0 spiro atoms. The molecule has 0 saturated carbocycles. The second-order valence-electron chi connectivity index (χ2n) is 6.44. The molecule has 2 aromatic carbocycles. The van der Waals surface area contributed by atoms with Gasteiger partial charge in [0.15, 0.2) is 5.75 Å². The molecular weight excluding hydrogens is 326 g/mol. The Kier molecular flexibility index (Phi) is 3.99. The number of nitrogens with zero attached hydrogens (tertiary/aromatic N) is 3. The van der Waals surface area contributed by atoms with Crippen LogP contribution in [-0.2, 0) is 6.54 Å². The Morgan fingerprint density at radius 3 is 2.46 bits per heavy atom. The molecule has 132 valence electrons. The Balaban J connectivity index is 1.96. The lowest BCUT2D eigenvalue weighted by Gasteiger charge is -2.13. The maximum absolute atomic E-state index is 5.85. The molecule has 0 aliphatic rings. The molecule has 2 heterocycles. The molecule has 4 aromatic rings. The molecule has 0 aliphatic heterocycles. The van der Waals surface area contributed by atoms with Crippen molar-refractivity contribution in [3.8, 4) is 16.9 Å². The number of ether oxygens (including phenoxy) is 1. The molecule has 26 heavy (non-hydrogen) atoms. The number of aromatic nitrogens is 3. The molecule has 0 N–H and O–H groups in total. The molecule has 5 nitrogen and oxygen atoms in total. The van der Waals surface area contributed by atoms with Gasteiger partial charge in [0.05, 0.1) is 23.9 Å². The Labute approximate surface area is 152 Å². The minimum Gasteiger partial charge on any atom is -0.494 e. The van der Waals surface area contributed by atoms with Crippen LogP contribution in [0.25, 0.3) is 22.2 Å². The van der Waals surface area contributed by atoms with E-state index in [1.54, 1.807) is 7.11 Å². The van der Waals surface area contributed by atoms with Gasteiger partial charge in [-0.25, -0.2) is 4.98 Å². The molecule has 0 atom stereocenters. The number of rotatable bonds is 4. The van der Waals surface area contributed by atoms with E-state index in [0.717, 1.165) is 51.7 Å². The first-order valence-corrected chi connectivity index (χ1v) is 8.61. The second-order valence-corrected chi connectivity index (χ2v) is 6.44. The van der Waals surface area contributed by atoms with Gasteiger partial charge in [-0.05, 0) is 38.5 Å². The van der Waals surface area contributed by atoms with Gasteiger partial charge in [0.1, 0.15) is 17.1 Å². The van der Waals surface area contributed by atoms with Gasteiger partial charge in [-0.1, -0.05) is 35.5 Å². The van der Waals surface area contributed by atoms with E-state index >= 15 is 0 Å². The first-order valence-electron chi connectivity index (χ1n) is 8.61. The predicted octanol–water partition coefficient (Wildman–Crippen LogP) is 4.67. The van der Waals surface area contributed by atoms with Crippen molar-refractivity contribution >= 4 is 11.0 Å². The summed E-state index contributed by atoms with van der Waals surface area (Å²) in [7, 11) is 1.70. The van der Waals surface area contributed by atoms with Crippen molar-refractivity contribution < 1.29 is 9.26 Å². The van der Waals surface area contributed by atoms with Crippen LogP contribution in [0.15, 0.2) is 47.0 Å². The van der Waals surface area contributed by atoms with Gasteiger partial charge in [0.2, 0.25) is 0 Å². The first-order chi connectivity index (χ1) is 12.6. The average molecular weight is 347 g/mol. The Morgan fingerprint density at radius 1 is 1.04 bits per heavy atom. The standard InChI is InChI=1S/C21H21N3O2/c1-13-19(14(2)26-23-13)17-10-11-18-20(21(17)25-4)24(15(3)22-18)12-16-8-6-5-7-9-16/h5-11H,12H2,1-4H3. The van der Waals surface area contributed by atoms with E-state index in [1.807, 2.05) is 39.0 Å². The smallest absolute Gasteiger partial charge is 0.152 e. The zero-order chi connectivity index (χ0) is 18.3. The highest BCUT2D eigenvalue weighted by molar-refractivity contribution is 5.92. The van der Waals surface area contributed by atoms with Crippen LogP contribution in [0, 0.1) is 20.8 Å². The first kappa shape index (κ1) is 16.4. The fraction of sp³-hybridized carbons (Fsp3) is 0.238. The molecule has 4 rings (SSSR count). The summed E-state index contributed by atoms with van der Waals surface area (Å²) >= 11 is 0. The molecule has 0 aliphatic carbocycles. The molecule has 0 saturated heterocycles. The number of hydrogen-bond donors (Lipinski definition) is 0. The monoisotopic (exact) mass is 347 g/mol. The molecule has 0 amide bonds. The van der Waals surface area contributed by atoms with E-state index in [4.69, 9.17) is 14.2 Å². The Bertz CT molecular complexity index is 1060. The molecule has 2 aromatic heterocycles. The van der Waals surface area contributed by atoms with Gasteiger partial charge in [0, 0.05) is 12.1 Å². The van der Waals surface area contributed by atoms with Gasteiger partial charge < -0.3 is 13.8 Å². The maximum Gasteiger partial charge on any atom is 0.152 e. The lowest BCUT2D eigenvalue weighted by atomic mass is 10.0. The Morgan fingerprint density at radius 2 is 1.81 bits per heavy atom. The van der Waals surface area contributed by atoms with Crippen LogP contribution in [0.4, 0.5) is 0 Å². The number of fused-ring (bicyclic) bond motifs is 1. The minimum atomic E-state index is 0.741. The van der Waals surface area contributed by atoms with E-state index in [0.29, 0.717) is 0 Å². The maximum atomic E-state index is 5.85. The number of methoxy groups -OCH3 is 1. The van der Waals surface area contributed by atoms with E-state index in [9.17, 15) is 0 Å². The minimum absolute atomic E-state index is 0.741. The SMILES string of the molecule is COc1c(-c2c(C)noc2C)ccc2nc(C)n(Cc3ccccc3)c12. The summed E-state index contributed by atoms with van der Waals surface area (Å²) in [5.41, 5.74) is 5.95. The fourth-order valence-electron chi connectivity index (χ4n) is 3.54. The quantitative estimate of drug-likeness (QED) is 0.538. The predicted molar refractivity (Wildman–Crippen MR) is 102 cm³/mol. The normalized spacial score (nSPS) is 11.2. The van der Waals surface area contributed by atoms with Crippen molar-refractivity contribution in [2.75, 3.05) is 7.11 Å². The van der Waals surface area contributed by atoms with E-state index in [1.165, 1.54) is 5.56 Å². The molecule has 0 unspecified atom stereocenters. The average Bonchev–Trinajstić information content (AvgIpc) is 3.14. The Hall–Kier alpha value is -3.08. The lowest BCUT2D eigenvalue weighted by Crippen LogP contribution is -2.03. The zero-order valence-electron chi connectivity index (χ0n) is 15.4. The van der Waals surface area contributed by atoms with Crippen molar-refractivity contribution in [2.45, 2.75) is 27.3 Å². The van der Waals surface area contributed by atoms with Crippen LogP contribution in [0.3, 0.4) is 0 Å². The van der Waals surface area contributed by atoms with E-state index < -0.39 is 0 Å². The van der Waals surface area contributed by atoms with Crippen molar-refractivity contribution in [1.29, 1.82) is 0 Å². The highest BCUT2D eigenvalue weighted by atomic mass is 16.5. The highest BCUT2D eigenvalue weighted by Crippen LogP contribution is 2.40. The molecule has 5 heteroatoms. The third kappa shape index (κ3) is 2.56. The molecular formula is C21H21N3O2. The summed E-state index contributed by atoms with van der Waals surface area (Å²) in [6, 6.07) is 14.4. The number of benzene rings is 2. The number of aryl methyl sites for hydroxylation is 3. The van der Waals surface area contributed by atoms with Crippen molar-refractivity contribution in [1.82, 2.24) is 14.7 Å². The summed E-state index contributed by atoms with van der Waals surface area (Å²) in [6.45, 7) is 6.63. The summed E-state index contributed by atoms with van der Waals surface area (Å²) in [5.74, 6) is 2.54. The number of hydrogen-bond acceptors (Lipinski definition) is 4. The molecule has 0 radical (unpaired) electrons. The van der Waals surface area contributed by atoms with Crippen molar-refractivity contribution in [3.05, 3.63) is 65.3 Å². The van der Waals surface area contributed by atoms with Crippen LogP contribution in [0.1, 0.15) is 22.8 Å². The largest absolute Gasteiger partial charge is 0.494 e. The van der Waals surface area contributed by atoms with Gasteiger partial charge in [-0.15, -0.1) is 0 Å². The molecule has 0 fully saturated rings. The third-order valence-electron chi connectivity index (χ3n) is 4.74. The van der Waals surface area contributed by atoms with Crippen LogP contribution in [-0.4, -0.2) is 21.8 Å². The summed E-state index contributed by atoms with van der Waals surface area (Å²) in [6.07, 6.45) is 0. The van der Waals surface area contributed by atoms with Crippen LogP contribution in [0.5, 0.6) is 5.75 Å². The van der Waals surface area contributed by atoms with Crippen LogP contribution in [0.2, 0.25) is 0 Å². The van der Waals surface area contributed by atoms with Gasteiger partial charge in [-0.3, -0.25) is 0 Å². The number of imidazole rings is 1. The summed E-state index contributed by atoms with van der Waals surface area (Å²) in [4.78, 5) is 4.73. The van der Waals surface area contributed by atoms with Crippen LogP contribution >= 0.6 is 0 Å². The zero-order valence-corrected chi connectivity index (χ0v) is 15.4. The highest BCUT2D eigenvalue weighted by Gasteiger charge is 2.21. The third-order valence-corrected chi connectivity index (χ3v) is 4.74. The van der Waals surface area contributed by atoms with Gasteiger partial charge >= 0.3 is 0 Å².